The monoisotopic (exact) mass is 317 g/mol. The normalized spacial score (nSPS) is 12.0. The first kappa shape index (κ1) is 16.2. The zero-order valence-electron chi connectivity index (χ0n) is 12.9. The lowest BCUT2D eigenvalue weighted by Gasteiger charge is -2.25. The van der Waals surface area contributed by atoms with E-state index in [1.807, 2.05) is 44.2 Å². The Bertz CT molecular complexity index is 678. The van der Waals surface area contributed by atoms with E-state index in [2.05, 4.69) is 0 Å². The molecule has 0 saturated carbocycles. The lowest BCUT2D eigenvalue weighted by atomic mass is 10.0. The van der Waals surface area contributed by atoms with Crippen LogP contribution in [-0.4, -0.2) is 35.0 Å². The Morgan fingerprint density at radius 3 is 2.36 bits per heavy atom. The van der Waals surface area contributed by atoms with Gasteiger partial charge in [-0.3, -0.25) is 4.79 Å². The van der Waals surface area contributed by atoms with Crippen molar-refractivity contribution in [2.24, 2.45) is 0 Å². The van der Waals surface area contributed by atoms with Gasteiger partial charge >= 0.3 is 5.97 Å². The van der Waals surface area contributed by atoms with E-state index in [0.29, 0.717) is 12.0 Å². The molecule has 1 aromatic carbocycles. The molecule has 0 aliphatic heterocycles. The van der Waals surface area contributed by atoms with Crippen LogP contribution in [0.25, 0.3) is 0 Å². The van der Waals surface area contributed by atoms with Crippen LogP contribution in [0.5, 0.6) is 0 Å². The molecule has 1 atom stereocenters. The van der Waals surface area contributed by atoms with E-state index >= 15 is 0 Å². The smallest absolute Gasteiger partial charge is 0.326 e. The molecule has 1 heterocycles. The number of carboxylic acid groups (broad SMARTS) is 1. The molecule has 1 amide bonds. The molecule has 0 saturated heterocycles. The van der Waals surface area contributed by atoms with Crippen molar-refractivity contribution in [3.63, 3.8) is 0 Å². The molecule has 0 bridgehead atoms. The van der Waals surface area contributed by atoms with E-state index in [0.717, 1.165) is 16.0 Å². The van der Waals surface area contributed by atoms with Gasteiger partial charge in [0, 0.05) is 23.7 Å². The quantitative estimate of drug-likeness (QED) is 0.921. The van der Waals surface area contributed by atoms with Gasteiger partial charge in [0.2, 0.25) is 0 Å². The second-order valence-corrected chi connectivity index (χ2v) is 6.37. The highest BCUT2D eigenvalue weighted by atomic mass is 32.1. The van der Waals surface area contributed by atoms with Crippen molar-refractivity contribution < 1.29 is 14.7 Å². The number of hydrogen-bond donors (Lipinski definition) is 1. The fourth-order valence-corrected chi connectivity index (χ4v) is 3.14. The third kappa shape index (κ3) is 3.36. The Labute approximate surface area is 134 Å². The molecule has 0 spiro atoms. The molecule has 1 unspecified atom stereocenters. The minimum absolute atomic E-state index is 0.245. The molecular formula is C17H19NO3S. The highest BCUT2D eigenvalue weighted by Gasteiger charge is 2.28. The first-order valence-corrected chi connectivity index (χ1v) is 7.88. The van der Waals surface area contributed by atoms with E-state index in [1.165, 1.54) is 16.2 Å². The number of likely N-dealkylation sites (N-methyl/N-ethyl adjacent to an activating group) is 1. The maximum atomic E-state index is 12.6. The van der Waals surface area contributed by atoms with Crippen molar-refractivity contribution >= 4 is 23.2 Å². The van der Waals surface area contributed by atoms with Gasteiger partial charge in [0.25, 0.3) is 5.91 Å². The van der Waals surface area contributed by atoms with Crippen molar-refractivity contribution in [2.75, 3.05) is 7.05 Å². The predicted octanol–water partition coefficient (Wildman–Crippen LogP) is 3.13. The van der Waals surface area contributed by atoms with E-state index in [1.54, 1.807) is 12.4 Å². The number of aliphatic carboxylic acids is 1. The van der Waals surface area contributed by atoms with Crippen LogP contribution < -0.4 is 0 Å². The van der Waals surface area contributed by atoms with Gasteiger partial charge in [-0.1, -0.05) is 30.3 Å². The molecule has 0 aliphatic rings. The third-order valence-electron chi connectivity index (χ3n) is 3.86. The summed E-state index contributed by atoms with van der Waals surface area (Å²) < 4.78 is 0. The molecule has 1 aromatic heterocycles. The summed E-state index contributed by atoms with van der Waals surface area (Å²) in [6.45, 7) is 3.84. The van der Waals surface area contributed by atoms with Gasteiger partial charge < -0.3 is 10.0 Å². The van der Waals surface area contributed by atoms with Crippen LogP contribution in [0.15, 0.2) is 35.7 Å². The molecule has 116 valence electrons. The second-order valence-electron chi connectivity index (χ2n) is 5.29. The molecule has 2 rings (SSSR count). The SMILES string of the molecule is Cc1scc(C(=O)N(C)C(Cc2ccccc2)C(=O)O)c1C. The van der Waals surface area contributed by atoms with Gasteiger partial charge in [0.05, 0.1) is 5.56 Å². The molecule has 0 fully saturated rings. The van der Waals surface area contributed by atoms with Crippen LogP contribution in [0, 0.1) is 13.8 Å². The number of rotatable bonds is 5. The minimum Gasteiger partial charge on any atom is -0.480 e. The third-order valence-corrected chi connectivity index (χ3v) is 4.87. The van der Waals surface area contributed by atoms with Crippen LogP contribution in [0.4, 0.5) is 0 Å². The average molecular weight is 317 g/mol. The van der Waals surface area contributed by atoms with Crippen molar-refractivity contribution in [3.05, 3.63) is 57.3 Å². The van der Waals surface area contributed by atoms with Gasteiger partial charge in [-0.2, -0.15) is 0 Å². The summed E-state index contributed by atoms with van der Waals surface area (Å²) in [6.07, 6.45) is 0.292. The standard InChI is InChI=1S/C17H19NO3S/c1-11-12(2)22-10-14(11)16(19)18(3)15(17(20)21)9-13-7-5-4-6-8-13/h4-8,10,15H,9H2,1-3H3,(H,20,21). The number of carboxylic acids is 1. The van der Waals surface area contributed by atoms with Gasteiger partial charge in [0.1, 0.15) is 6.04 Å². The van der Waals surface area contributed by atoms with Crippen molar-refractivity contribution in [1.29, 1.82) is 0 Å². The summed E-state index contributed by atoms with van der Waals surface area (Å²) in [5, 5.41) is 11.3. The fraction of sp³-hybridized carbons (Fsp3) is 0.294. The Morgan fingerprint density at radius 1 is 1.23 bits per heavy atom. The van der Waals surface area contributed by atoms with Crippen LogP contribution in [0.2, 0.25) is 0 Å². The van der Waals surface area contributed by atoms with Crippen LogP contribution >= 0.6 is 11.3 Å². The number of thiophene rings is 1. The van der Waals surface area contributed by atoms with Gasteiger partial charge in [-0.05, 0) is 25.0 Å². The zero-order chi connectivity index (χ0) is 16.3. The Balaban J connectivity index is 2.23. The van der Waals surface area contributed by atoms with Crippen molar-refractivity contribution in [1.82, 2.24) is 4.90 Å². The number of aryl methyl sites for hydroxylation is 1. The number of carbonyl (C=O) groups is 2. The van der Waals surface area contributed by atoms with E-state index in [-0.39, 0.29) is 5.91 Å². The molecule has 5 heteroatoms. The first-order chi connectivity index (χ1) is 10.4. The molecule has 4 nitrogen and oxygen atoms in total. The molecule has 1 N–H and O–H groups in total. The van der Waals surface area contributed by atoms with Crippen LogP contribution in [0.3, 0.4) is 0 Å². The largest absolute Gasteiger partial charge is 0.480 e. The number of benzene rings is 1. The Hall–Kier alpha value is -2.14. The molecule has 22 heavy (non-hydrogen) atoms. The van der Waals surface area contributed by atoms with Crippen LogP contribution in [-0.2, 0) is 11.2 Å². The summed E-state index contributed by atoms with van der Waals surface area (Å²) in [7, 11) is 1.55. The topological polar surface area (TPSA) is 57.6 Å². The molecule has 0 aliphatic carbocycles. The summed E-state index contributed by atoms with van der Waals surface area (Å²) in [4.78, 5) is 26.6. The predicted molar refractivity (Wildman–Crippen MR) is 87.5 cm³/mol. The summed E-state index contributed by atoms with van der Waals surface area (Å²) in [5.74, 6) is -1.24. The van der Waals surface area contributed by atoms with E-state index in [4.69, 9.17) is 0 Å². The van der Waals surface area contributed by atoms with E-state index in [9.17, 15) is 14.7 Å². The first-order valence-electron chi connectivity index (χ1n) is 7.00. The number of hydrogen-bond acceptors (Lipinski definition) is 3. The second kappa shape index (κ2) is 6.75. The van der Waals surface area contributed by atoms with Gasteiger partial charge in [-0.15, -0.1) is 11.3 Å². The molecular weight excluding hydrogens is 298 g/mol. The average Bonchev–Trinajstić information content (AvgIpc) is 2.84. The Morgan fingerprint density at radius 2 is 1.86 bits per heavy atom. The summed E-state index contributed by atoms with van der Waals surface area (Å²) in [5.41, 5.74) is 2.41. The molecule has 0 radical (unpaired) electrons. The van der Waals surface area contributed by atoms with Gasteiger partial charge in [0.15, 0.2) is 0 Å². The van der Waals surface area contributed by atoms with Crippen molar-refractivity contribution in [3.8, 4) is 0 Å². The van der Waals surface area contributed by atoms with Crippen molar-refractivity contribution in [2.45, 2.75) is 26.3 Å². The fourth-order valence-electron chi connectivity index (χ4n) is 2.28. The zero-order valence-corrected chi connectivity index (χ0v) is 13.7. The lowest BCUT2D eigenvalue weighted by molar-refractivity contribution is -0.141. The maximum Gasteiger partial charge on any atom is 0.326 e. The number of carbonyl (C=O) groups excluding carboxylic acids is 1. The highest BCUT2D eigenvalue weighted by molar-refractivity contribution is 7.10. The molecule has 2 aromatic rings. The van der Waals surface area contributed by atoms with Gasteiger partial charge in [-0.25, -0.2) is 4.79 Å². The lowest BCUT2D eigenvalue weighted by Crippen LogP contribution is -2.43. The minimum atomic E-state index is -0.996. The Kier molecular flexibility index (Phi) is 4.98. The summed E-state index contributed by atoms with van der Waals surface area (Å²) in [6, 6.07) is 8.47. The summed E-state index contributed by atoms with van der Waals surface area (Å²) >= 11 is 1.51. The number of nitrogens with zero attached hydrogens (tertiary/aromatic N) is 1. The van der Waals surface area contributed by atoms with Crippen LogP contribution in [0.1, 0.15) is 26.4 Å². The highest BCUT2D eigenvalue weighted by Crippen LogP contribution is 2.23. The van der Waals surface area contributed by atoms with E-state index < -0.39 is 12.0 Å². The maximum absolute atomic E-state index is 12.6. The number of amides is 1.